The molecule has 8 rings (SSSR count). The van der Waals surface area contributed by atoms with Crippen LogP contribution >= 0.6 is 0 Å². The quantitative estimate of drug-likeness (QED) is 0.0313. The van der Waals surface area contributed by atoms with Crippen molar-refractivity contribution in [3.63, 3.8) is 0 Å². The third-order valence-corrected chi connectivity index (χ3v) is 11.6. The van der Waals surface area contributed by atoms with Gasteiger partial charge >= 0.3 is 29.6 Å². The number of rotatable bonds is 12. The van der Waals surface area contributed by atoms with Crippen molar-refractivity contribution in [3.05, 3.63) is 179 Å². The number of hydrogen-bond donors (Lipinski definition) is 4. The van der Waals surface area contributed by atoms with Gasteiger partial charge in [0.15, 0.2) is 23.1 Å². The van der Waals surface area contributed by atoms with Crippen molar-refractivity contribution < 1.29 is 75.3 Å². The Balaban J connectivity index is 0.00000630. The fourth-order valence-electron chi connectivity index (χ4n) is 6.74. The molecule has 19 heteroatoms. The van der Waals surface area contributed by atoms with Crippen molar-refractivity contribution in [1.82, 2.24) is 9.97 Å². The Morgan fingerprint density at radius 3 is 1.25 bits per heavy atom. The third-order valence-electron chi connectivity index (χ3n) is 9.79. The summed E-state index contributed by atoms with van der Waals surface area (Å²) in [5.41, 5.74) is 0.488. The van der Waals surface area contributed by atoms with Crippen LogP contribution in [0, 0.1) is 0 Å². The van der Waals surface area contributed by atoms with Crippen molar-refractivity contribution in [3.8, 4) is 11.5 Å². The fourth-order valence-corrected chi connectivity index (χ4v) is 8.15. The first-order valence-electron chi connectivity index (χ1n) is 18.8. The first kappa shape index (κ1) is 45.9. The third kappa shape index (κ3) is 9.83. The van der Waals surface area contributed by atoms with Crippen LogP contribution in [0.3, 0.4) is 0 Å². The van der Waals surface area contributed by atoms with Crippen molar-refractivity contribution in [2.75, 3.05) is 0 Å². The molecule has 0 unspecified atom stereocenters. The molecule has 4 N–H and O–H groups in total. The van der Waals surface area contributed by atoms with Crippen LogP contribution in [-0.2, 0) is 20.2 Å². The molecule has 0 bridgehead atoms. The number of nitrogens with zero attached hydrogens (tertiary/aromatic N) is 6. The minimum absolute atomic E-state index is 0. The number of aromatic hydroxyl groups is 2. The molecular formula is C46H30N6NaO10S2+. The average molecular weight is 914 g/mol. The number of phenolic OH excluding ortho intramolecular Hbond substituents is 2. The van der Waals surface area contributed by atoms with Gasteiger partial charge in [0.2, 0.25) is 0 Å². The molecular weight excluding hydrogens is 884 g/mol. The molecule has 0 spiro atoms. The number of benzene rings is 6. The Morgan fingerprint density at radius 2 is 0.877 bits per heavy atom. The molecule has 316 valence electrons. The van der Waals surface area contributed by atoms with Gasteiger partial charge in [0.1, 0.15) is 32.2 Å². The Kier molecular flexibility index (Phi) is 13.3. The number of azo groups is 2. The van der Waals surface area contributed by atoms with E-state index < -0.39 is 41.5 Å². The van der Waals surface area contributed by atoms with Gasteiger partial charge in [-0.3, -0.25) is 28.7 Å². The van der Waals surface area contributed by atoms with Crippen LogP contribution in [0.5, 0.6) is 11.5 Å². The summed E-state index contributed by atoms with van der Waals surface area (Å²) in [6, 6.07) is 33.0. The monoisotopic (exact) mass is 913 g/mol. The molecule has 65 heavy (non-hydrogen) atoms. The van der Waals surface area contributed by atoms with E-state index >= 15 is 0 Å². The van der Waals surface area contributed by atoms with Gasteiger partial charge < -0.3 is 10.2 Å². The fraction of sp³-hybridized carbons (Fsp3) is 0. The molecule has 0 atom stereocenters. The van der Waals surface area contributed by atoms with E-state index in [0.717, 1.165) is 12.1 Å². The maximum atomic E-state index is 13.5. The molecule has 0 amide bonds. The number of ketones is 2. The summed E-state index contributed by atoms with van der Waals surface area (Å²) in [6.07, 6.45) is 5.19. The van der Waals surface area contributed by atoms with Gasteiger partial charge in [-0.15, -0.1) is 10.2 Å². The smallest absolute Gasteiger partial charge is 0.504 e. The number of carbonyl (C=O) groups excluding carboxylic acids is 2. The maximum absolute atomic E-state index is 13.5. The van der Waals surface area contributed by atoms with Crippen molar-refractivity contribution >= 4 is 88.5 Å². The SMILES string of the molecule is O=C(c1ccccc1)c1cc(N=Nc2ccc(/C=C/c3ccc(N=Nc4cc(C(=O)c5ccccc5)c5cccnc5c4O)cc3S(=O)(=O)O)c(S(=O)(=O)O)c2)c(O)c2ncccc12.[Na+]. The van der Waals surface area contributed by atoms with Gasteiger partial charge in [-0.05, 0) is 59.7 Å². The average Bonchev–Trinajstić information content (AvgIpc) is 3.30. The van der Waals surface area contributed by atoms with Gasteiger partial charge in [0, 0.05) is 45.4 Å². The van der Waals surface area contributed by atoms with E-state index in [1.165, 1.54) is 60.9 Å². The van der Waals surface area contributed by atoms with Crippen LogP contribution < -0.4 is 29.6 Å². The van der Waals surface area contributed by atoms with Gasteiger partial charge in [-0.1, -0.05) is 97.1 Å². The number of hydrogen-bond acceptors (Lipinski definition) is 14. The van der Waals surface area contributed by atoms with E-state index in [1.807, 2.05) is 0 Å². The zero-order valence-corrected chi connectivity index (χ0v) is 37.4. The largest absolute Gasteiger partial charge is 1.00 e. The predicted molar refractivity (Wildman–Crippen MR) is 236 cm³/mol. The second-order valence-corrected chi connectivity index (χ2v) is 16.7. The van der Waals surface area contributed by atoms with E-state index in [4.69, 9.17) is 0 Å². The number of phenols is 2. The molecule has 8 aromatic rings. The minimum atomic E-state index is -4.95. The van der Waals surface area contributed by atoms with Crippen molar-refractivity contribution in [2.45, 2.75) is 9.79 Å². The predicted octanol–water partition coefficient (Wildman–Crippen LogP) is 7.15. The van der Waals surface area contributed by atoms with Crippen molar-refractivity contribution in [2.24, 2.45) is 20.5 Å². The summed E-state index contributed by atoms with van der Waals surface area (Å²) in [5, 5.41) is 39.0. The van der Waals surface area contributed by atoms with Gasteiger partial charge in [0.05, 0.1) is 11.4 Å². The van der Waals surface area contributed by atoms with Gasteiger partial charge in [-0.25, -0.2) is 0 Å². The van der Waals surface area contributed by atoms with Gasteiger partial charge in [-0.2, -0.15) is 27.1 Å². The molecule has 0 aliphatic heterocycles. The first-order valence-corrected chi connectivity index (χ1v) is 21.7. The Labute approximate surface area is 392 Å². The van der Waals surface area contributed by atoms with Crippen LogP contribution in [0.2, 0.25) is 0 Å². The molecule has 0 aliphatic rings. The molecule has 0 saturated heterocycles. The zero-order valence-electron chi connectivity index (χ0n) is 33.7. The Morgan fingerprint density at radius 1 is 0.492 bits per heavy atom. The maximum Gasteiger partial charge on any atom is 1.00 e. The van der Waals surface area contributed by atoms with E-state index in [-0.39, 0.29) is 97.2 Å². The Bertz CT molecular complexity index is 3290. The summed E-state index contributed by atoms with van der Waals surface area (Å²) >= 11 is 0. The number of aromatic nitrogens is 2. The van der Waals surface area contributed by atoms with Crippen LogP contribution in [0.4, 0.5) is 22.7 Å². The van der Waals surface area contributed by atoms with Crippen LogP contribution in [-0.4, -0.2) is 57.7 Å². The molecule has 6 aromatic carbocycles. The summed E-state index contributed by atoms with van der Waals surface area (Å²) in [7, 11) is -9.90. The van der Waals surface area contributed by atoms with E-state index in [1.54, 1.807) is 84.9 Å². The number of fused-ring (bicyclic) bond motifs is 2. The summed E-state index contributed by atoms with van der Waals surface area (Å²) in [4.78, 5) is 34.1. The molecule has 0 saturated carbocycles. The molecule has 0 fully saturated rings. The zero-order chi connectivity index (χ0) is 45.2. The summed E-state index contributed by atoms with van der Waals surface area (Å²) in [5.74, 6) is -1.53. The second kappa shape index (κ2) is 18.9. The standard InChI is InChI=1S/C46H30N6O10S2.Na/c53-43(29-9-3-1-4-10-29)35-25-37(45(55)41-33(35)13-7-21-47-41)51-49-31-19-17-27(39(23-31)63(57,58)59)15-16-28-18-20-32(24-40(28)64(60,61)62)50-52-38-26-36(44(54)30-11-5-2-6-12-30)34-14-8-22-48-42(34)46(38)56;/h1-26,55-56H,(H,57,58,59)(H,60,61,62);/q;+1/b16-15+,51-49?,52-50?;. The molecule has 2 heterocycles. The number of pyridine rings is 2. The Hall–Kier alpha value is -7.16. The van der Waals surface area contributed by atoms with E-state index in [0.29, 0.717) is 21.9 Å². The van der Waals surface area contributed by atoms with Crippen LogP contribution in [0.1, 0.15) is 43.0 Å². The van der Waals surface area contributed by atoms with E-state index in [9.17, 15) is 45.7 Å². The first-order chi connectivity index (χ1) is 30.7. The van der Waals surface area contributed by atoms with Crippen molar-refractivity contribution in [1.29, 1.82) is 0 Å². The topological polar surface area (TPSA) is 259 Å². The second-order valence-electron chi connectivity index (χ2n) is 13.9. The van der Waals surface area contributed by atoms with Gasteiger partial charge in [0.25, 0.3) is 20.2 Å². The molecule has 0 radical (unpaired) electrons. The minimum Gasteiger partial charge on any atom is -0.504 e. The molecule has 0 aliphatic carbocycles. The molecule has 2 aromatic heterocycles. The van der Waals surface area contributed by atoms with E-state index in [2.05, 4.69) is 30.4 Å². The normalized spacial score (nSPS) is 12.0. The summed E-state index contributed by atoms with van der Waals surface area (Å²) < 4.78 is 70.8. The number of carbonyl (C=O) groups is 2. The van der Waals surface area contributed by atoms with Crippen LogP contribution in [0.25, 0.3) is 34.0 Å². The van der Waals surface area contributed by atoms with Crippen LogP contribution in [0.15, 0.2) is 176 Å². The summed E-state index contributed by atoms with van der Waals surface area (Å²) in [6.45, 7) is 0. The molecule has 16 nitrogen and oxygen atoms in total.